The summed E-state index contributed by atoms with van der Waals surface area (Å²) >= 11 is 0. The Labute approximate surface area is 205 Å². The number of halogens is 6. The number of rotatable bonds is 8. The first kappa shape index (κ1) is 27.4. The van der Waals surface area contributed by atoms with E-state index in [0.29, 0.717) is 6.07 Å². The van der Waals surface area contributed by atoms with Crippen molar-refractivity contribution in [3.8, 4) is 5.75 Å². The summed E-state index contributed by atoms with van der Waals surface area (Å²) in [5.41, 5.74) is -1.43. The zero-order valence-corrected chi connectivity index (χ0v) is 19.0. The number of amides is 1. The normalized spacial score (nSPS) is 12.7. The van der Waals surface area contributed by atoms with E-state index in [1.54, 1.807) is 7.05 Å². The van der Waals surface area contributed by atoms with Crippen molar-refractivity contribution in [3.63, 3.8) is 0 Å². The smallest absolute Gasteiger partial charge is 0.481 e. The summed E-state index contributed by atoms with van der Waals surface area (Å²) in [4.78, 5) is 24.3. The molecule has 3 N–H and O–H groups in total. The molecule has 8 nitrogen and oxygen atoms in total. The predicted octanol–water partition coefficient (Wildman–Crippen LogP) is 4.22. The first-order chi connectivity index (χ1) is 17.1. The van der Waals surface area contributed by atoms with Crippen molar-refractivity contribution in [2.75, 3.05) is 0 Å². The molecule has 1 heterocycles. The molecular weight excluding hydrogens is 510 g/mol. The van der Waals surface area contributed by atoms with Crippen LogP contribution in [0.1, 0.15) is 39.5 Å². The number of carboxylic acid groups (broad SMARTS) is 1. The lowest BCUT2D eigenvalue weighted by atomic mass is 10.00. The van der Waals surface area contributed by atoms with Crippen molar-refractivity contribution in [2.45, 2.75) is 31.5 Å². The summed E-state index contributed by atoms with van der Waals surface area (Å²) in [5.74, 6) is -3.21. The van der Waals surface area contributed by atoms with Crippen LogP contribution in [0.2, 0.25) is 0 Å². The second-order valence-corrected chi connectivity index (χ2v) is 8.02. The van der Waals surface area contributed by atoms with Gasteiger partial charge in [-0.25, -0.2) is 0 Å². The van der Waals surface area contributed by atoms with E-state index in [9.17, 15) is 41.0 Å². The molecule has 0 fully saturated rings. The Morgan fingerprint density at radius 3 is 2.35 bits per heavy atom. The lowest BCUT2D eigenvalue weighted by Crippen LogP contribution is -2.31. The molecule has 198 valence electrons. The fraction of sp³-hybridized carbons (Fsp3) is 0.261. The van der Waals surface area contributed by atoms with Gasteiger partial charge in [0, 0.05) is 25.0 Å². The molecule has 1 aromatic heterocycles. The fourth-order valence-electron chi connectivity index (χ4n) is 3.52. The van der Waals surface area contributed by atoms with Crippen LogP contribution in [0.4, 0.5) is 26.3 Å². The Morgan fingerprint density at radius 2 is 1.78 bits per heavy atom. The lowest BCUT2D eigenvalue weighted by Gasteiger charge is -2.20. The van der Waals surface area contributed by atoms with E-state index in [-0.39, 0.29) is 28.9 Å². The third kappa shape index (κ3) is 7.38. The number of carbonyl (C=O) groups excluding carboxylic acids is 1. The molecule has 14 heteroatoms. The minimum absolute atomic E-state index is 0.0132. The number of hydrogen-bond donors (Lipinski definition) is 3. The third-order valence-electron chi connectivity index (χ3n) is 5.19. The Bertz CT molecular complexity index is 1360. The number of nitrogens with zero attached hydrogens (tertiary/aromatic N) is 2. The van der Waals surface area contributed by atoms with Crippen LogP contribution in [0, 0.1) is 5.41 Å². The molecule has 0 aliphatic carbocycles. The third-order valence-corrected chi connectivity index (χ3v) is 5.19. The summed E-state index contributed by atoms with van der Waals surface area (Å²) in [6, 6.07) is 5.27. The molecule has 2 aromatic carbocycles. The van der Waals surface area contributed by atoms with Crippen LogP contribution in [0.5, 0.6) is 5.75 Å². The van der Waals surface area contributed by atoms with Gasteiger partial charge in [-0.05, 0) is 41.5 Å². The van der Waals surface area contributed by atoms with Crippen molar-refractivity contribution >= 4 is 11.9 Å². The van der Waals surface area contributed by atoms with Gasteiger partial charge in [-0.15, -0.1) is 13.2 Å². The van der Waals surface area contributed by atoms with E-state index in [1.807, 2.05) is 0 Å². The molecule has 37 heavy (non-hydrogen) atoms. The summed E-state index contributed by atoms with van der Waals surface area (Å²) in [5, 5.41) is 19.5. The van der Waals surface area contributed by atoms with Gasteiger partial charge < -0.3 is 24.3 Å². The zero-order chi connectivity index (χ0) is 27.5. The maximum atomic E-state index is 13.1. The molecule has 1 amide bonds. The van der Waals surface area contributed by atoms with E-state index < -0.39 is 48.2 Å². The molecule has 0 saturated carbocycles. The highest BCUT2D eigenvalue weighted by Gasteiger charge is 2.33. The van der Waals surface area contributed by atoms with Crippen molar-refractivity contribution in [1.29, 1.82) is 5.41 Å². The number of ether oxygens (including phenoxy) is 1. The molecule has 0 saturated heterocycles. The highest BCUT2D eigenvalue weighted by molar-refractivity contribution is 5.95. The van der Waals surface area contributed by atoms with Gasteiger partial charge in [0.25, 0.3) is 5.91 Å². The first-order valence-corrected chi connectivity index (χ1v) is 10.5. The summed E-state index contributed by atoms with van der Waals surface area (Å²) in [7, 11) is 1.58. The van der Waals surface area contributed by atoms with Crippen molar-refractivity contribution in [1.82, 2.24) is 14.5 Å². The van der Waals surface area contributed by atoms with Crippen LogP contribution < -0.4 is 15.7 Å². The van der Waals surface area contributed by atoms with Gasteiger partial charge in [-0.1, -0.05) is 12.1 Å². The second kappa shape index (κ2) is 10.4. The quantitative estimate of drug-likeness (QED) is 0.379. The number of aromatic nitrogens is 2. The maximum absolute atomic E-state index is 13.1. The Balaban J connectivity index is 1.97. The lowest BCUT2D eigenvalue weighted by molar-refractivity contribution is -0.274. The van der Waals surface area contributed by atoms with Crippen LogP contribution in [-0.2, 0) is 24.6 Å². The molecule has 0 bridgehead atoms. The Hall–Kier alpha value is -4.23. The van der Waals surface area contributed by atoms with Gasteiger partial charge in [0.2, 0.25) is 5.62 Å². The summed E-state index contributed by atoms with van der Waals surface area (Å²) < 4.78 is 84.8. The highest BCUT2D eigenvalue weighted by Crippen LogP contribution is 2.32. The Kier molecular flexibility index (Phi) is 7.69. The number of nitrogens with one attached hydrogen (secondary N) is 2. The molecule has 1 unspecified atom stereocenters. The number of hydrogen-bond acceptors (Lipinski definition) is 4. The van der Waals surface area contributed by atoms with Gasteiger partial charge in [0.15, 0.2) is 0 Å². The SMILES string of the molecule is Cn1ccn(Cc2cc(OC(F)(F)F)cc(C(=O)NC(CC(=O)O)c3cccc(C(F)(F)F)c3)c2)c1=N. The van der Waals surface area contributed by atoms with E-state index in [4.69, 9.17) is 5.41 Å². The predicted molar refractivity (Wildman–Crippen MR) is 115 cm³/mol. The van der Waals surface area contributed by atoms with Crippen LogP contribution in [-0.4, -0.2) is 32.5 Å². The molecule has 3 aromatic rings. The molecular formula is C23H20F6N4O4. The maximum Gasteiger partial charge on any atom is 0.573 e. The van der Waals surface area contributed by atoms with Gasteiger partial charge >= 0.3 is 18.5 Å². The number of benzene rings is 2. The summed E-state index contributed by atoms with van der Waals surface area (Å²) in [6.07, 6.45) is -7.57. The highest BCUT2D eigenvalue weighted by atomic mass is 19.4. The van der Waals surface area contributed by atoms with Crippen molar-refractivity contribution in [2.24, 2.45) is 7.05 Å². The van der Waals surface area contributed by atoms with Crippen molar-refractivity contribution < 1.29 is 45.8 Å². The number of carboxylic acids is 1. The Morgan fingerprint density at radius 1 is 1.08 bits per heavy atom. The van der Waals surface area contributed by atoms with E-state index in [2.05, 4.69) is 10.1 Å². The topological polar surface area (TPSA) is 109 Å². The average molecular weight is 530 g/mol. The average Bonchev–Trinajstić information content (AvgIpc) is 3.08. The van der Waals surface area contributed by atoms with Gasteiger partial charge in [0.1, 0.15) is 5.75 Å². The van der Waals surface area contributed by atoms with E-state index in [0.717, 1.165) is 24.3 Å². The molecule has 0 aliphatic heterocycles. The van der Waals surface area contributed by atoms with E-state index in [1.165, 1.54) is 33.7 Å². The van der Waals surface area contributed by atoms with Gasteiger partial charge in [-0.2, -0.15) is 13.2 Å². The molecule has 0 radical (unpaired) electrons. The molecule has 1 atom stereocenters. The zero-order valence-electron chi connectivity index (χ0n) is 19.0. The minimum atomic E-state index is -5.09. The second-order valence-electron chi connectivity index (χ2n) is 8.02. The standard InChI is InChI=1S/C23H20F6N4O4/c1-32-5-6-33(21(32)30)12-13-7-15(10-17(8-13)37-23(27,28)29)20(36)31-18(11-19(34)35)14-3-2-4-16(9-14)22(24,25)26/h2-10,18,30H,11-12H2,1H3,(H,31,36)(H,34,35). The first-order valence-electron chi connectivity index (χ1n) is 10.5. The van der Waals surface area contributed by atoms with Gasteiger partial charge in [0.05, 0.1) is 24.6 Å². The molecule has 0 aliphatic rings. The number of carbonyl (C=O) groups is 2. The minimum Gasteiger partial charge on any atom is -0.481 e. The number of alkyl halides is 6. The van der Waals surface area contributed by atoms with Gasteiger partial charge in [-0.3, -0.25) is 15.0 Å². The van der Waals surface area contributed by atoms with E-state index >= 15 is 0 Å². The van der Waals surface area contributed by atoms with Crippen LogP contribution in [0.15, 0.2) is 54.9 Å². The van der Waals surface area contributed by atoms with Crippen LogP contribution in [0.3, 0.4) is 0 Å². The number of aryl methyl sites for hydroxylation is 1. The summed E-state index contributed by atoms with van der Waals surface area (Å²) in [6.45, 7) is -0.110. The monoisotopic (exact) mass is 530 g/mol. The fourth-order valence-corrected chi connectivity index (χ4v) is 3.52. The number of aliphatic carboxylic acids is 1. The largest absolute Gasteiger partial charge is 0.573 e. The number of imidazole rings is 1. The van der Waals surface area contributed by atoms with Crippen LogP contribution >= 0.6 is 0 Å². The molecule has 3 rings (SSSR count). The van der Waals surface area contributed by atoms with Crippen LogP contribution in [0.25, 0.3) is 0 Å². The molecule has 0 spiro atoms. The van der Waals surface area contributed by atoms with Crippen molar-refractivity contribution in [3.05, 3.63) is 82.7 Å².